The molecule has 0 unspecified atom stereocenters. The van der Waals surface area contributed by atoms with Crippen molar-refractivity contribution in [2.45, 2.75) is 34.1 Å². The van der Waals surface area contributed by atoms with E-state index in [2.05, 4.69) is 4.98 Å². The van der Waals surface area contributed by atoms with E-state index in [0.29, 0.717) is 35.5 Å². The summed E-state index contributed by atoms with van der Waals surface area (Å²) in [5, 5.41) is 8.87. The minimum atomic E-state index is -1.06. The fraction of sp³-hybridized carbons (Fsp3) is 0.500. The Labute approximate surface area is 117 Å². The van der Waals surface area contributed by atoms with Gasteiger partial charge in [0.15, 0.2) is 5.78 Å². The number of hydrogen-bond donors (Lipinski definition) is 2. The number of hydrogen-bond acceptors (Lipinski definition) is 3. The molecule has 2 N–H and O–H groups in total. The molecule has 0 radical (unpaired) electrons. The van der Waals surface area contributed by atoms with Crippen LogP contribution in [0.4, 0.5) is 0 Å². The van der Waals surface area contributed by atoms with Gasteiger partial charge in [-0.05, 0) is 32.8 Å². The molecule has 110 valence electrons. The number of nitrogens with zero attached hydrogens (tertiary/aromatic N) is 1. The summed E-state index contributed by atoms with van der Waals surface area (Å²) in [5.41, 5.74) is 2.00. The predicted octanol–water partition coefficient (Wildman–Crippen LogP) is 1.77. The molecule has 1 amide bonds. The number of ketones is 1. The van der Waals surface area contributed by atoms with E-state index in [1.165, 1.54) is 11.8 Å². The molecule has 1 aromatic rings. The van der Waals surface area contributed by atoms with Gasteiger partial charge in [-0.15, -0.1) is 0 Å². The third-order valence-electron chi connectivity index (χ3n) is 3.11. The topological polar surface area (TPSA) is 90.5 Å². The summed E-state index contributed by atoms with van der Waals surface area (Å²) >= 11 is 0. The number of Topliss-reactive ketones (excluding diaryl/α,β-unsaturated/α-hetero) is 1. The van der Waals surface area contributed by atoms with Gasteiger partial charge in [0.05, 0.1) is 0 Å². The number of rotatable bonds is 6. The van der Waals surface area contributed by atoms with E-state index < -0.39 is 5.97 Å². The maximum Gasteiger partial charge on any atom is 0.323 e. The van der Waals surface area contributed by atoms with Crippen LogP contribution in [0.5, 0.6) is 0 Å². The number of aryl methyl sites for hydroxylation is 1. The number of nitrogens with one attached hydrogen (secondary N) is 1. The highest BCUT2D eigenvalue weighted by atomic mass is 16.4. The fourth-order valence-corrected chi connectivity index (χ4v) is 2.34. The Morgan fingerprint density at radius 2 is 1.85 bits per heavy atom. The third kappa shape index (κ3) is 3.26. The lowest BCUT2D eigenvalue weighted by Crippen LogP contribution is -2.36. The van der Waals surface area contributed by atoms with Gasteiger partial charge in [0.2, 0.25) is 0 Å². The van der Waals surface area contributed by atoms with Gasteiger partial charge in [-0.3, -0.25) is 14.4 Å². The SMILES string of the molecule is CCCN(CC(=O)O)C(=O)c1[nH]c(C)c(C(C)=O)c1C. The minimum Gasteiger partial charge on any atom is -0.480 e. The molecule has 0 aromatic carbocycles. The summed E-state index contributed by atoms with van der Waals surface area (Å²) in [6, 6.07) is 0. The lowest BCUT2D eigenvalue weighted by molar-refractivity contribution is -0.137. The third-order valence-corrected chi connectivity index (χ3v) is 3.11. The van der Waals surface area contributed by atoms with Gasteiger partial charge >= 0.3 is 5.97 Å². The Balaban J connectivity index is 3.15. The highest BCUT2D eigenvalue weighted by Crippen LogP contribution is 2.20. The van der Waals surface area contributed by atoms with Crippen molar-refractivity contribution in [2.24, 2.45) is 0 Å². The Morgan fingerprint density at radius 1 is 1.25 bits per heavy atom. The lowest BCUT2D eigenvalue weighted by Gasteiger charge is -2.19. The monoisotopic (exact) mass is 280 g/mol. The van der Waals surface area contributed by atoms with Gasteiger partial charge < -0.3 is 15.0 Å². The first-order valence-electron chi connectivity index (χ1n) is 6.50. The molecule has 0 saturated heterocycles. The summed E-state index contributed by atoms with van der Waals surface area (Å²) in [4.78, 5) is 39.0. The highest BCUT2D eigenvalue weighted by molar-refractivity contribution is 6.03. The average molecular weight is 280 g/mol. The van der Waals surface area contributed by atoms with E-state index in [-0.39, 0.29) is 18.2 Å². The van der Waals surface area contributed by atoms with Crippen LogP contribution in [-0.2, 0) is 4.79 Å². The number of aliphatic carboxylic acids is 1. The van der Waals surface area contributed by atoms with Crippen LogP contribution in [0.3, 0.4) is 0 Å². The van der Waals surface area contributed by atoms with Gasteiger partial charge in [-0.1, -0.05) is 6.92 Å². The minimum absolute atomic E-state index is 0.115. The van der Waals surface area contributed by atoms with Crippen LogP contribution in [0.1, 0.15) is 52.4 Å². The van der Waals surface area contributed by atoms with Crippen LogP contribution in [0.25, 0.3) is 0 Å². The van der Waals surface area contributed by atoms with E-state index in [1.807, 2.05) is 6.92 Å². The van der Waals surface area contributed by atoms with Crippen molar-refractivity contribution in [2.75, 3.05) is 13.1 Å². The lowest BCUT2D eigenvalue weighted by atomic mass is 10.1. The molecule has 1 aromatic heterocycles. The number of aromatic amines is 1. The maximum atomic E-state index is 12.4. The second-order valence-corrected chi connectivity index (χ2v) is 4.80. The second-order valence-electron chi connectivity index (χ2n) is 4.80. The largest absolute Gasteiger partial charge is 0.480 e. The number of H-pyrrole nitrogens is 1. The standard InChI is InChI=1S/C14H20N2O4/c1-5-6-16(7-11(18)19)14(20)13-8(2)12(10(4)17)9(3)15-13/h15H,5-7H2,1-4H3,(H,18,19). The molecule has 6 heteroatoms. The summed E-state index contributed by atoms with van der Waals surface area (Å²) in [6.07, 6.45) is 0.664. The first kappa shape index (κ1) is 15.9. The zero-order valence-corrected chi connectivity index (χ0v) is 12.2. The Kier molecular flexibility index (Phi) is 5.07. The first-order valence-corrected chi connectivity index (χ1v) is 6.50. The van der Waals surface area contributed by atoms with E-state index in [0.717, 1.165) is 0 Å². The number of carbonyl (C=O) groups excluding carboxylic acids is 2. The summed E-state index contributed by atoms with van der Waals surface area (Å²) < 4.78 is 0. The predicted molar refractivity (Wildman–Crippen MR) is 74.1 cm³/mol. The molecule has 0 aliphatic rings. The van der Waals surface area contributed by atoms with E-state index in [1.54, 1.807) is 13.8 Å². The van der Waals surface area contributed by atoms with Gasteiger partial charge in [-0.25, -0.2) is 0 Å². The van der Waals surface area contributed by atoms with Crippen molar-refractivity contribution in [3.63, 3.8) is 0 Å². The second kappa shape index (κ2) is 6.36. The van der Waals surface area contributed by atoms with E-state index in [9.17, 15) is 14.4 Å². The summed E-state index contributed by atoms with van der Waals surface area (Å²) in [6.45, 7) is 6.74. The van der Waals surface area contributed by atoms with Crippen LogP contribution in [0.2, 0.25) is 0 Å². The molecule has 0 atom stereocenters. The Hall–Kier alpha value is -2.11. The number of carbonyl (C=O) groups is 3. The molecular formula is C14H20N2O4. The highest BCUT2D eigenvalue weighted by Gasteiger charge is 2.24. The number of carboxylic acids is 1. The first-order chi connectivity index (χ1) is 9.29. The van der Waals surface area contributed by atoms with Crippen molar-refractivity contribution in [1.82, 2.24) is 9.88 Å². The molecule has 0 saturated carbocycles. The number of aromatic nitrogens is 1. The summed E-state index contributed by atoms with van der Waals surface area (Å²) in [5.74, 6) is -1.56. The van der Waals surface area contributed by atoms with E-state index >= 15 is 0 Å². The van der Waals surface area contributed by atoms with Crippen molar-refractivity contribution >= 4 is 17.7 Å². The van der Waals surface area contributed by atoms with Crippen molar-refractivity contribution in [3.8, 4) is 0 Å². The molecule has 0 fully saturated rings. The van der Waals surface area contributed by atoms with Crippen molar-refractivity contribution < 1.29 is 19.5 Å². The van der Waals surface area contributed by atoms with Gasteiger partial charge in [0, 0.05) is 17.8 Å². The van der Waals surface area contributed by atoms with Crippen LogP contribution < -0.4 is 0 Å². The quantitative estimate of drug-likeness (QED) is 0.777. The Morgan fingerprint density at radius 3 is 2.25 bits per heavy atom. The van der Waals surface area contributed by atoms with Gasteiger partial charge in [0.1, 0.15) is 12.2 Å². The summed E-state index contributed by atoms with van der Waals surface area (Å²) in [7, 11) is 0. The maximum absolute atomic E-state index is 12.4. The van der Waals surface area contributed by atoms with Crippen LogP contribution in [0.15, 0.2) is 0 Å². The molecule has 20 heavy (non-hydrogen) atoms. The molecule has 1 rings (SSSR count). The zero-order chi connectivity index (χ0) is 15.4. The average Bonchev–Trinajstić information content (AvgIpc) is 2.62. The van der Waals surface area contributed by atoms with Crippen LogP contribution in [-0.4, -0.2) is 45.7 Å². The Bertz CT molecular complexity index is 546. The smallest absolute Gasteiger partial charge is 0.323 e. The van der Waals surface area contributed by atoms with Crippen molar-refractivity contribution in [1.29, 1.82) is 0 Å². The van der Waals surface area contributed by atoms with Crippen molar-refractivity contribution in [3.05, 3.63) is 22.5 Å². The zero-order valence-electron chi connectivity index (χ0n) is 12.2. The number of carboxylic acid groups (broad SMARTS) is 1. The molecule has 0 aliphatic carbocycles. The van der Waals surface area contributed by atoms with E-state index in [4.69, 9.17) is 5.11 Å². The molecule has 0 bridgehead atoms. The van der Waals surface area contributed by atoms with Crippen LogP contribution >= 0.6 is 0 Å². The van der Waals surface area contributed by atoms with Gasteiger partial charge in [0.25, 0.3) is 5.91 Å². The van der Waals surface area contributed by atoms with Gasteiger partial charge in [-0.2, -0.15) is 0 Å². The fourth-order valence-electron chi connectivity index (χ4n) is 2.34. The molecule has 0 spiro atoms. The van der Waals surface area contributed by atoms with Crippen LogP contribution in [0, 0.1) is 13.8 Å². The number of amides is 1. The molecule has 0 aliphatic heterocycles. The normalized spacial score (nSPS) is 10.4. The molecular weight excluding hydrogens is 260 g/mol. The molecule has 6 nitrogen and oxygen atoms in total. The molecule has 1 heterocycles.